The first kappa shape index (κ1) is 12.3. The van der Waals surface area contributed by atoms with Gasteiger partial charge < -0.3 is 5.32 Å². The van der Waals surface area contributed by atoms with Crippen molar-refractivity contribution in [3.8, 4) is 0 Å². The summed E-state index contributed by atoms with van der Waals surface area (Å²) < 4.78 is 0. The SMILES string of the molecule is CC(Cc1ccsc1)NC(=O)c1n[nH]c(C2CC2)n1. The molecular weight excluding hydrogens is 260 g/mol. The predicted molar refractivity (Wildman–Crippen MR) is 73.3 cm³/mol. The number of nitrogens with one attached hydrogen (secondary N) is 2. The summed E-state index contributed by atoms with van der Waals surface area (Å²) in [7, 11) is 0. The van der Waals surface area contributed by atoms with Gasteiger partial charge in [-0.15, -0.1) is 5.10 Å². The zero-order valence-corrected chi connectivity index (χ0v) is 11.5. The Bertz CT molecular complexity index is 559. The number of thiophene rings is 1. The van der Waals surface area contributed by atoms with Gasteiger partial charge in [-0.1, -0.05) is 0 Å². The molecule has 1 aliphatic rings. The Kier molecular flexibility index (Phi) is 3.33. The first-order valence-corrected chi connectivity index (χ1v) is 7.41. The number of aromatic nitrogens is 3. The van der Waals surface area contributed by atoms with Crippen molar-refractivity contribution in [3.05, 3.63) is 34.0 Å². The molecule has 1 amide bonds. The van der Waals surface area contributed by atoms with Crippen LogP contribution in [0.1, 0.15) is 47.7 Å². The van der Waals surface area contributed by atoms with Gasteiger partial charge in [0.15, 0.2) is 0 Å². The number of H-pyrrole nitrogens is 1. The molecule has 2 N–H and O–H groups in total. The van der Waals surface area contributed by atoms with E-state index in [9.17, 15) is 4.79 Å². The van der Waals surface area contributed by atoms with Gasteiger partial charge in [0.25, 0.3) is 5.91 Å². The second kappa shape index (κ2) is 5.13. The van der Waals surface area contributed by atoms with E-state index in [1.807, 2.05) is 12.3 Å². The molecule has 2 heterocycles. The zero-order chi connectivity index (χ0) is 13.2. The average Bonchev–Trinajstić information content (AvgIpc) is 2.91. The fraction of sp³-hybridized carbons (Fsp3) is 0.462. The Morgan fingerprint density at radius 1 is 1.63 bits per heavy atom. The van der Waals surface area contributed by atoms with Crippen LogP contribution >= 0.6 is 11.3 Å². The normalized spacial score (nSPS) is 16.3. The van der Waals surface area contributed by atoms with Crippen LogP contribution in [-0.4, -0.2) is 27.1 Å². The molecule has 3 rings (SSSR count). The highest BCUT2D eigenvalue weighted by atomic mass is 32.1. The van der Waals surface area contributed by atoms with E-state index < -0.39 is 0 Å². The van der Waals surface area contributed by atoms with Crippen LogP contribution in [0.2, 0.25) is 0 Å². The van der Waals surface area contributed by atoms with E-state index >= 15 is 0 Å². The lowest BCUT2D eigenvalue weighted by Gasteiger charge is -2.11. The van der Waals surface area contributed by atoms with E-state index in [0.717, 1.165) is 25.1 Å². The van der Waals surface area contributed by atoms with Crippen LogP contribution in [0.25, 0.3) is 0 Å². The van der Waals surface area contributed by atoms with Crippen LogP contribution in [0, 0.1) is 0 Å². The van der Waals surface area contributed by atoms with E-state index in [1.54, 1.807) is 11.3 Å². The Hall–Kier alpha value is -1.69. The molecule has 1 unspecified atom stereocenters. The van der Waals surface area contributed by atoms with Crippen molar-refractivity contribution < 1.29 is 4.79 Å². The van der Waals surface area contributed by atoms with Gasteiger partial charge in [-0.2, -0.15) is 11.3 Å². The van der Waals surface area contributed by atoms with Gasteiger partial charge in [0.1, 0.15) is 5.82 Å². The number of aromatic amines is 1. The molecule has 1 saturated carbocycles. The minimum absolute atomic E-state index is 0.0741. The number of hydrogen-bond acceptors (Lipinski definition) is 4. The summed E-state index contributed by atoms with van der Waals surface area (Å²) in [4.78, 5) is 16.2. The average molecular weight is 276 g/mol. The lowest BCUT2D eigenvalue weighted by molar-refractivity contribution is 0.0930. The minimum Gasteiger partial charge on any atom is -0.346 e. The Labute approximate surface area is 115 Å². The van der Waals surface area contributed by atoms with E-state index in [0.29, 0.717) is 5.92 Å². The summed E-state index contributed by atoms with van der Waals surface area (Å²) in [6.45, 7) is 1.99. The van der Waals surface area contributed by atoms with Gasteiger partial charge in [-0.3, -0.25) is 9.89 Å². The molecule has 1 aliphatic carbocycles. The molecule has 19 heavy (non-hydrogen) atoms. The molecule has 6 heteroatoms. The van der Waals surface area contributed by atoms with Crippen LogP contribution in [-0.2, 0) is 6.42 Å². The molecule has 0 aromatic carbocycles. The van der Waals surface area contributed by atoms with E-state index in [-0.39, 0.29) is 17.8 Å². The van der Waals surface area contributed by atoms with E-state index in [2.05, 4.69) is 31.9 Å². The predicted octanol–water partition coefficient (Wildman–Crippen LogP) is 2.10. The molecule has 5 nitrogen and oxygen atoms in total. The standard InChI is InChI=1S/C13H16N4OS/c1-8(6-9-4-5-19-7-9)14-13(18)12-15-11(16-17-12)10-2-3-10/h4-5,7-8,10H,2-3,6H2,1H3,(H,14,18)(H,15,16,17). The third kappa shape index (κ3) is 3.01. The summed E-state index contributed by atoms with van der Waals surface area (Å²) in [6.07, 6.45) is 3.12. The maximum atomic E-state index is 12.0. The number of amides is 1. The molecule has 0 saturated heterocycles. The number of nitrogens with zero attached hydrogens (tertiary/aromatic N) is 2. The highest BCUT2D eigenvalue weighted by Gasteiger charge is 2.28. The van der Waals surface area contributed by atoms with Gasteiger partial charge in [0.05, 0.1) is 0 Å². The van der Waals surface area contributed by atoms with Gasteiger partial charge >= 0.3 is 0 Å². The quantitative estimate of drug-likeness (QED) is 0.878. The van der Waals surface area contributed by atoms with Crippen molar-refractivity contribution in [1.82, 2.24) is 20.5 Å². The summed E-state index contributed by atoms with van der Waals surface area (Å²) in [5, 5.41) is 13.9. The Balaban J connectivity index is 1.57. The number of hydrogen-bond donors (Lipinski definition) is 2. The van der Waals surface area contributed by atoms with Gasteiger partial charge in [0.2, 0.25) is 5.82 Å². The maximum Gasteiger partial charge on any atom is 0.291 e. The summed E-state index contributed by atoms with van der Waals surface area (Å²) in [5.41, 5.74) is 1.24. The van der Waals surface area contributed by atoms with Crippen molar-refractivity contribution in [2.24, 2.45) is 0 Å². The first-order chi connectivity index (χ1) is 9.22. The second-order valence-electron chi connectivity index (χ2n) is 5.03. The van der Waals surface area contributed by atoms with Crippen molar-refractivity contribution in [2.45, 2.75) is 38.1 Å². The molecule has 1 fully saturated rings. The van der Waals surface area contributed by atoms with Gasteiger partial charge in [0, 0.05) is 12.0 Å². The fourth-order valence-corrected chi connectivity index (χ4v) is 2.70. The van der Waals surface area contributed by atoms with Crippen LogP contribution in [0.3, 0.4) is 0 Å². The number of carbonyl (C=O) groups is 1. The maximum absolute atomic E-state index is 12.0. The van der Waals surface area contributed by atoms with Crippen molar-refractivity contribution in [2.75, 3.05) is 0 Å². The zero-order valence-electron chi connectivity index (χ0n) is 10.7. The van der Waals surface area contributed by atoms with E-state index in [4.69, 9.17) is 0 Å². The van der Waals surface area contributed by atoms with Gasteiger partial charge in [-0.05, 0) is 48.6 Å². The highest BCUT2D eigenvalue weighted by molar-refractivity contribution is 7.07. The monoisotopic (exact) mass is 276 g/mol. The molecule has 0 aliphatic heterocycles. The smallest absolute Gasteiger partial charge is 0.291 e. The molecule has 2 aromatic heterocycles. The first-order valence-electron chi connectivity index (χ1n) is 6.46. The second-order valence-corrected chi connectivity index (χ2v) is 5.81. The van der Waals surface area contributed by atoms with Gasteiger partial charge in [-0.25, -0.2) is 4.98 Å². The minimum atomic E-state index is -0.203. The largest absolute Gasteiger partial charge is 0.346 e. The molecule has 0 bridgehead atoms. The molecule has 2 aromatic rings. The highest BCUT2D eigenvalue weighted by Crippen LogP contribution is 2.37. The van der Waals surface area contributed by atoms with Crippen LogP contribution in [0.4, 0.5) is 0 Å². The molecular formula is C13H16N4OS. The third-order valence-electron chi connectivity index (χ3n) is 3.17. The van der Waals surface area contributed by atoms with Crippen molar-refractivity contribution in [1.29, 1.82) is 0 Å². The molecule has 0 spiro atoms. The van der Waals surface area contributed by atoms with Crippen LogP contribution in [0.5, 0.6) is 0 Å². The summed E-state index contributed by atoms with van der Waals surface area (Å²) in [6, 6.07) is 2.15. The summed E-state index contributed by atoms with van der Waals surface area (Å²) >= 11 is 1.67. The third-order valence-corrected chi connectivity index (χ3v) is 3.90. The Morgan fingerprint density at radius 2 is 2.47 bits per heavy atom. The topological polar surface area (TPSA) is 70.7 Å². The van der Waals surface area contributed by atoms with Crippen molar-refractivity contribution in [3.63, 3.8) is 0 Å². The molecule has 1 atom stereocenters. The van der Waals surface area contributed by atoms with Crippen molar-refractivity contribution >= 4 is 17.2 Å². The number of carbonyl (C=O) groups excluding carboxylic acids is 1. The Morgan fingerprint density at radius 3 is 3.16 bits per heavy atom. The van der Waals surface area contributed by atoms with E-state index in [1.165, 1.54) is 5.56 Å². The molecule has 0 radical (unpaired) electrons. The number of rotatable bonds is 5. The lowest BCUT2D eigenvalue weighted by atomic mass is 10.1. The summed E-state index contributed by atoms with van der Waals surface area (Å²) in [5.74, 6) is 1.37. The van der Waals surface area contributed by atoms with Crippen LogP contribution in [0.15, 0.2) is 16.8 Å². The molecule has 100 valence electrons. The van der Waals surface area contributed by atoms with Crippen LogP contribution < -0.4 is 5.32 Å². The fourth-order valence-electron chi connectivity index (χ4n) is 2.02. The lowest BCUT2D eigenvalue weighted by Crippen LogP contribution is -2.34.